The zero-order valence-corrected chi connectivity index (χ0v) is 12.0. The van der Waals surface area contributed by atoms with Gasteiger partial charge in [-0.25, -0.2) is 4.79 Å². The molecule has 1 aromatic rings. The number of amides is 3. The Morgan fingerprint density at radius 3 is 2.48 bits per heavy atom. The fourth-order valence-corrected chi connectivity index (χ4v) is 2.93. The lowest BCUT2D eigenvalue weighted by atomic mass is 9.88. The number of carbonyl (C=O) groups excluding carboxylic acids is 2. The van der Waals surface area contributed by atoms with Gasteiger partial charge in [-0.2, -0.15) is 0 Å². The average Bonchev–Trinajstić information content (AvgIpc) is 2.73. The number of piperidine rings is 1. The molecule has 3 amide bonds. The number of benzene rings is 1. The van der Waals surface area contributed by atoms with Crippen LogP contribution in [-0.2, 0) is 11.3 Å². The van der Waals surface area contributed by atoms with Crippen LogP contribution in [0.1, 0.15) is 18.4 Å². The number of rotatable bonds is 3. The number of hydrogen-bond acceptors (Lipinski definition) is 4. The number of imide groups is 1. The molecular formula is C15H19N3O3. The summed E-state index contributed by atoms with van der Waals surface area (Å²) in [5, 5.41) is 6.10. The predicted molar refractivity (Wildman–Crippen MR) is 76.9 cm³/mol. The Hall–Kier alpha value is -2.08. The molecule has 0 aromatic heterocycles. The van der Waals surface area contributed by atoms with Crippen molar-refractivity contribution in [3.8, 4) is 5.75 Å². The summed E-state index contributed by atoms with van der Waals surface area (Å²) in [6, 6.07) is 7.10. The molecule has 2 aliphatic heterocycles. The van der Waals surface area contributed by atoms with Crippen LogP contribution in [0, 0.1) is 0 Å². The summed E-state index contributed by atoms with van der Waals surface area (Å²) in [5.74, 6) is 0.649. The molecule has 21 heavy (non-hydrogen) atoms. The number of ether oxygens (including phenoxy) is 1. The Balaban J connectivity index is 1.75. The van der Waals surface area contributed by atoms with E-state index >= 15 is 0 Å². The molecule has 2 N–H and O–H groups in total. The van der Waals surface area contributed by atoms with Crippen LogP contribution in [0.2, 0.25) is 0 Å². The Morgan fingerprint density at radius 1 is 1.19 bits per heavy atom. The number of nitrogens with zero attached hydrogens (tertiary/aromatic N) is 1. The van der Waals surface area contributed by atoms with Crippen molar-refractivity contribution in [2.45, 2.75) is 24.9 Å². The van der Waals surface area contributed by atoms with Crippen LogP contribution in [0.5, 0.6) is 5.75 Å². The monoisotopic (exact) mass is 289 g/mol. The number of methoxy groups -OCH3 is 1. The van der Waals surface area contributed by atoms with Gasteiger partial charge in [-0.05, 0) is 43.6 Å². The van der Waals surface area contributed by atoms with Gasteiger partial charge in [0.15, 0.2) is 0 Å². The highest BCUT2D eigenvalue weighted by Crippen LogP contribution is 2.28. The van der Waals surface area contributed by atoms with Crippen molar-refractivity contribution in [1.82, 2.24) is 15.5 Å². The van der Waals surface area contributed by atoms with E-state index in [0.29, 0.717) is 19.4 Å². The standard InChI is InChI=1S/C15H19N3O3/c1-21-12-4-2-11(3-5-12)10-18-13(19)15(17-14(18)20)6-8-16-9-7-15/h2-5,16H,6-10H2,1H3,(H,17,20). The molecule has 3 rings (SSSR count). The lowest BCUT2D eigenvalue weighted by Crippen LogP contribution is -2.53. The molecule has 0 aliphatic carbocycles. The second-order valence-corrected chi connectivity index (χ2v) is 5.50. The first-order chi connectivity index (χ1) is 10.1. The lowest BCUT2D eigenvalue weighted by Gasteiger charge is -2.31. The Bertz CT molecular complexity index is 550. The highest BCUT2D eigenvalue weighted by Gasteiger charge is 2.51. The Kier molecular flexibility index (Phi) is 3.55. The minimum atomic E-state index is -0.700. The summed E-state index contributed by atoms with van der Waals surface area (Å²) in [6.45, 7) is 1.80. The third-order valence-corrected chi connectivity index (χ3v) is 4.20. The van der Waals surface area contributed by atoms with E-state index in [1.165, 1.54) is 4.90 Å². The second-order valence-electron chi connectivity index (χ2n) is 5.50. The number of urea groups is 1. The molecule has 0 atom stereocenters. The lowest BCUT2D eigenvalue weighted by molar-refractivity contribution is -0.132. The largest absolute Gasteiger partial charge is 0.497 e. The molecular weight excluding hydrogens is 270 g/mol. The van der Waals surface area contributed by atoms with Gasteiger partial charge in [0.1, 0.15) is 11.3 Å². The number of hydrogen-bond donors (Lipinski definition) is 2. The first-order valence-electron chi connectivity index (χ1n) is 7.12. The van der Waals surface area contributed by atoms with E-state index in [4.69, 9.17) is 4.74 Å². The van der Waals surface area contributed by atoms with Gasteiger partial charge in [0.05, 0.1) is 13.7 Å². The SMILES string of the molecule is COc1ccc(CN2C(=O)NC3(CCNCC3)C2=O)cc1. The second kappa shape index (κ2) is 5.37. The van der Waals surface area contributed by atoms with Gasteiger partial charge in [-0.1, -0.05) is 12.1 Å². The van der Waals surface area contributed by atoms with E-state index < -0.39 is 5.54 Å². The predicted octanol–water partition coefficient (Wildman–Crippen LogP) is 0.869. The fourth-order valence-electron chi connectivity index (χ4n) is 2.93. The topological polar surface area (TPSA) is 70.7 Å². The van der Waals surface area contributed by atoms with Gasteiger partial charge in [0.25, 0.3) is 5.91 Å². The Morgan fingerprint density at radius 2 is 1.86 bits per heavy atom. The fraction of sp³-hybridized carbons (Fsp3) is 0.467. The van der Waals surface area contributed by atoms with Crippen molar-refractivity contribution in [2.24, 2.45) is 0 Å². The molecule has 0 radical (unpaired) electrons. The smallest absolute Gasteiger partial charge is 0.325 e. The van der Waals surface area contributed by atoms with Gasteiger partial charge in [-0.15, -0.1) is 0 Å². The third kappa shape index (κ3) is 2.47. The molecule has 0 unspecified atom stereocenters. The molecule has 0 bridgehead atoms. The number of nitrogens with one attached hydrogen (secondary N) is 2. The molecule has 2 heterocycles. The molecule has 6 heteroatoms. The van der Waals surface area contributed by atoms with Crippen LogP contribution in [0.25, 0.3) is 0 Å². The summed E-state index contributed by atoms with van der Waals surface area (Å²) >= 11 is 0. The zero-order valence-electron chi connectivity index (χ0n) is 12.0. The van der Waals surface area contributed by atoms with Crippen LogP contribution in [0.15, 0.2) is 24.3 Å². The first kappa shape index (κ1) is 13.9. The minimum absolute atomic E-state index is 0.107. The average molecular weight is 289 g/mol. The highest BCUT2D eigenvalue weighted by molar-refractivity contribution is 6.07. The van der Waals surface area contributed by atoms with Gasteiger partial charge in [0.2, 0.25) is 0 Å². The van der Waals surface area contributed by atoms with E-state index in [0.717, 1.165) is 24.4 Å². The molecule has 1 spiro atoms. The number of carbonyl (C=O) groups is 2. The quantitative estimate of drug-likeness (QED) is 0.810. The van der Waals surface area contributed by atoms with Gasteiger partial charge < -0.3 is 15.4 Å². The van der Waals surface area contributed by atoms with E-state index in [1.54, 1.807) is 7.11 Å². The summed E-state index contributed by atoms with van der Waals surface area (Å²) in [4.78, 5) is 26.1. The molecule has 1 aromatic carbocycles. The summed E-state index contributed by atoms with van der Waals surface area (Å²) < 4.78 is 5.10. The van der Waals surface area contributed by atoms with Crippen molar-refractivity contribution in [3.63, 3.8) is 0 Å². The van der Waals surface area contributed by atoms with Crippen LogP contribution in [0.4, 0.5) is 4.79 Å². The van der Waals surface area contributed by atoms with Crippen molar-refractivity contribution >= 4 is 11.9 Å². The molecule has 112 valence electrons. The van der Waals surface area contributed by atoms with Crippen molar-refractivity contribution in [2.75, 3.05) is 20.2 Å². The van der Waals surface area contributed by atoms with Crippen LogP contribution in [-0.4, -0.2) is 42.6 Å². The summed E-state index contributed by atoms with van der Waals surface area (Å²) in [7, 11) is 1.60. The van der Waals surface area contributed by atoms with Crippen LogP contribution >= 0.6 is 0 Å². The third-order valence-electron chi connectivity index (χ3n) is 4.20. The Labute approximate surface area is 123 Å². The normalized spacial score (nSPS) is 20.7. The van der Waals surface area contributed by atoms with Crippen molar-refractivity contribution < 1.29 is 14.3 Å². The first-order valence-corrected chi connectivity index (χ1v) is 7.12. The molecule has 2 fully saturated rings. The van der Waals surface area contributed by atoms with Crippen LogP contribution in [0.3, 0.4) is 0 Å². The summed E-state index contributed by atoms with van der Waals surface area (Å²) in [5.41, 5.74) is 0.208. The van der Waals surface area contributed by atoms with E-state index in [1.807, 2.05) is 24.3 Å². The maximum atomic E-state index is 12.6. The zero-order chi connectivity index (χ0) is 14.9. The van der Waals surface area contributed by atoms with Crippen molar-refractivity contribution in [3.05, 3.63) is 29.8 Å². The highest BCUT2D eigenvalue weighted by atomic mass is 16.5. The molecule has 0 saturated carbocycles. The van der Waals surface area contributed by atoms with E-state index in [-0.39, 0.29) is 11.9 Å². The van der Waals surface area contributed by atoms with Gasteiger partial charge in [-0.3, -0.25) is 9.69 Å². The minimum Gasteiger partial charge on any atom is -0.497 e. The molecule has 2 aliphatic rings. The van der Waals surface area contributed by atoms with Gasteiger partial charge >= 0.3 is 6.03 Å². The molecule has 6 nitrogen and oxygen atoms in total. The van der Waals surface area contributed by atoms with E-state index in [2.05, 4.69) is 10.6 Å². The van der Waals surface area contributed by atoms with Crippen molar-refractivity contribution in [1.29, 1.82) is 0 Å². The van der Waals surface area contributed by atoms with E-state index in [9.17, 15) is 9.59 Å². The maximum absolute atomic E-state index is 12.6. The molecule has 2 saturated heterocycles. The van der Waals surface area contributed by atoms with Gasteiger partial charge in [0, 0.05) is 0 Å². The summed E-state index contributed by atoms with van der Waals surface area (Å²) in [6.07, 6.45) is 1.30. The maximum Gasteiger partial charge on any atom is 0.325 e. The van der Waals surface area contributed by atoms with Crippen LogP contribution < -0.4 is 15.4 Å².